The molecule has 2 atom stereocenters. The largest absolute Gasteiger partial charge is 0.392 e. The predicted octanol–water partition coefficient (Wildman–Crippen LogP) is 2.95. The van der Waals surface area contributed by atoms with Gasteiger partial charge in [-0.25, -0.2) is 0 Å². The molecule has 1 aliphatic carbocycles. The number of aliphatic hydroxyl groups excluding tert-OH is 1. The first kappa shape index (κ1) is 12.6. The lowest BCUT2D eigenvalue weighted by atomic mass is 9.86. The molecule has 1 fully saturated rings. The topological polar surface area (TPSA) is 53.8 Å². The van der Waals surface area contributed by atoms with Crippen LogP contribution in [0.25, 0.3) is 5.69 Å². The number of hydrogen-bond acceptors (Lipinski definition) is 3. The molecule has 0 spiro atoms. The summed E-state index contributed by atoms with van der Waals surface area (Å²) in [6.45, 7) is 0. The van der Waals surface area contributed by atoms with Crippen LogP contribution in [0.5, 0.6) is 0 Å². The van der Waals surface area contributed by atoms with Gasteiger partial charge in [0.15, 0.2) is 4.77 Å². The van der Waals surface area contributed by atoms with Crippen LogP contribution in [0.2, 0.25) is 0 Å². The highest BCUT2D eigenvalue weighted by molar-refractivity contribution is 7.71. The zero-order chi connectivity index (χ0) is 13.2. The minimum absolute atomic E-state index is 0.0712. The first-order chi connectivity index (χ1) is 9.27. The lowest BCUT2D eigenvalue weighted by Gasteiger charge is -2.27. The molecule has 0 aliphatic heterocycles. The van der Waals surface area contributed by atoms with E-state index in [1.807, 2.05) is 34.9 Å². The molecule has 19 heavy (non-hydrogen) atoms. The number of aromatic nitrogens is 3. The van der Waals surface area contributed by atoms with Gasteiger partial charge in [0.2, 0.25) is 0 Å². The molecule has 1 aliphatic rings. The van der Waals surface area contributed by atoms with E-state index in [1.54, 1.807) is 0 Å². The second-order valence-corrected chi connectivity index (χ2v) is 5.40. The number of H-pyrrole nitrogens is 1. The van der Waals surface area contributed by atoms with Crippen LogP contribution in [0.3, 0.4) is 0 Å². The van der Waals surface area contributed by atoms with Crippen molar-refractivity contribution in [1.82, 2.24) is 14.8 Å². The number of rotatable bonds is 2. The van der Waals surface area contributed by atoms with E-state index < -0.39 is 0 Å². The maximum absolute atomic E-state index is 10.2. The van der Waals surface area contributed by atoms with Gasteiger partial charge in [-0.15, -0.1) is 0 Å². The summed E-state index contributed by atoms with van der Waals surface area (Å²) in [5, 5.41) is 17.4. The third-order valence-electron chi connectivity index (χ3n) is 3.77. The smallest absolute Gasteiger partial charge is 0.199 e. The fraction of sp³-hybridized carbons (Fsp3) is 0.429. The number of para-hydroxylation sites is 1. The van der Waals surface area contributed by atoms with Crippen LogP contribution < -0.4 is 0 Å². The van der Waals surface area contributed by atoms with Crippen molar-refractivity contribution in [2.45, 2.75) is 37.7 Å². The number of nitrogens with zero attached hydrogens (tertiary/aromatic N) is 2. The zero-order valence-corrected chi connectivity index (χ0v) is 11.4. The highest BCUT2D eigenvalue weighted by Crippen LogP contribution is 2.33. The van der Waals surface area contributed by atoms with Gasteiger partial charge in [0, 0.05) is 11.6 Å². The average molecular weight is 275 g/mol. The molecule has 2 N–H and O–H groups in total. The molecular weight excluding hydrogens is 258 g/mol. The van der Waals surface area contributed by atoms with Gasteiger partial charge in [0.25, 0.3) is 0 Å². The second-order valence-electron chi connectivity index (χ2n) is 5.02. The summed E-state index contributed by atoms with van der Waals surface area (Å²) in [4.78, 5) is 0. The highest BCUT2D eigenvalue weighted by Gasteiger charge is 2.29. The Morgan fingerprint density at radius 3 is 2.68 bits per heavy atom. The van der Waals surface area contributed by atoms with Crippen molar-refractivity contribution in [3.8, 4) is 5.69 Å². The van der Waals surface area contributed by atoms with Crippen LogP contribution in [0.4, 0.5) is 0 Å². The van der Waals surface area contributed by atoms with E-state index in [-0.39, 0.29) is 12.0 Å². The van der Waals surface area contributed by atoms with Gasteiger partial charge in [-0.2, -0.15) is 5.10 Å². The first-order valence-electron chi connectivity index (χ1n) is 6.68. The SMILES string of the molecule is O[C@@H]1CCCC[C@H]1c1n[nH]c(=S)n1-c1ccccc1. The lowest BCUT2D eigenvalue weighted by Crippen LogP contribution is -2.25. The van der Waals surface area contributed by atoms with Crippen LogP contribution in [-0.4, -0.2) is 26.0 Å². The van der Waals surface area contributed by atoms with Gasteiger partial charge in [-0.05, 0) is 37.2 Å². The molecule has 4 nitrogen and oxygen atoms in total. The maximum Gasteiger partial charge on any atom is 0.199 e. The third kappa shape index (κ3) is 2.35. The predicted molar refractivity (Wildman–Crippen MR) is 76.0 cm³/mol. The monoisotopic (exact) mass is 275 g/mol. The van der Waals surface area contributed by atoms with Gasteiger partial charge in [-0.1, -0.05) is 31.0 Å². The number of aliphatic hydroxyl groups is 1. The van der Waals surface area contributed by atoms with Crippen LogP contribution in [0.1, 0.15) is 37.4 Å². The lowest BCUT2D eigenvalue weighted by molar-refractivity contribution is 0.102. The van der Waals surface area contributed by atoms with Gasteiger partial charge < -0.3 is 5.11 Å². The molecular formula is C14H17N3OS. The summed E-state index contributed by atoms with van der Waals surface area (Å²) in [7, 11) is 0. The van der Waals surface area contributed by atoms with Crippen molar-refractivity contribution in [1.29, 1.82) is 0 Å². The summed E-state index contributed by atoms with van der Waals surface area (Å²) in [5.41, 5.74) is 0.994. The summed E-state index contributed by atoms with van der Waals surface area (Å²) < 4.78 is 2.52. The Morgan fingerprint density at radius 1 is 1.21 bits per heavy atom. The van der Waals surface area contributed by atoms with Crippen LogP contribution >= 0.6 is 12.2 Å². The van der Waals surface area contributed by atoms with E-state index in [2.05, 4.69) is 10.2 Å². The Hall–Kier alpha value is -1.46. The molecule has 1 heterocycles. The molecule has 5 heteroatoms. The number of nitrogens with one attached hydrogen (secondary N) is 1. The maximum atomic E-state index is 10.2. The van der Waals surface area contributed by atoms with Crippen LogP contribution in [-0.2, 0) is 0 Å². The summed E-state index contributed by atoms with van der Waals surface area (Å²) in [6.07, 6.45) is 3.72. The Bertz CT molecular complexity index is 605. The molecule has 0 amide bonds. The van der Waals surface area contributed by atoms with Crippen LogP contribution in [0.15, 0.2) is 30.3 Å². The summed E-state index contributed by atoms with van der Waals surface area (Å²) in [6, 6.07) is 9.94. The average Bonchev–Trinajstić information content (AvgIpc) is 2.82. The molecule has 0 radical (unpaired) electrons. The fourth-order valence-electron chi connectivity index (χ4n) is 2.80. The number of hydrogen-bond donors (Lipinski definition) is 2. The van der Waals surface area contributed by atoms with Gasteiger partial charge in [0.1, 0.15) is 5.82 Å². The summed E-state index contributed by atoms with van der Waals surface area (Å²) >= 11 is 5.33. The van der Waals surface area contributed by atoms with Crippen molar-refractivity contribution >= 4 is 12.2 Å². The second kappa shape index (κ2) is 5.27. The molecule has 0 bridgehead atoms. The molecule has 1 aromatic heterocycles. The van der Waals surface area contributed by atoms with Gasteiger partial charge >= 0.3 is 0 Å². The Kier molecular flexibility index (Phi) is 3.48. The van der Waals surface area contributed by atoms with Crippen molar-refractivity contribution in [2.75, 3.05) is 0 Å². The Balaban J connectivity index is 2.06. The molecule has 2 aromatic rings. The molecule has 1 aromatic carbocycles. The van der Waals surface area contributed by atoms with E-state index in [4.69, 9.17) is 12.2 Å². The van der Waals surface area contributed by atoms with Crippen molar-refractivity contribution < 1.29 is 5.11 Å². The van der Waals surface area contributed by atoms with E-state index in [1.165, 1.54) is 0 Å². The zero-order valence-electron chi connectivity index (χ0n) is 10.6. The number of benzene rings is 1. The van der Waals surface area contributed by atoms with Gasteiger partial charge in [0.05, 0.1) is 6.10 Å². The van der Waals surface area contributed by atoms with Crippen molar-refractivity contribution in [2.24, 2.45) is 0 Å². The quantitative estimate of drug-likeness (QED) is 0.829. The van der Waals surface area contributed by atoms with Crippen molar-refractivity contribution in [3.05, 3.63) is 40.9 Å². The molecule has 0 saturated heterocycles. The van der Waals surface area contributed by atoms with E-state index in [0.717, 1.165) is 37.2 Å². The molecule has 1 saturated carbocycles. The fourth-order valence-corrected chi connectivity index (χ4v) is 3.04. The third-order valence-corrected chi connectivity index (χ3v) is 4.05. The minimum Gasteiger partial charge on any atom is -0.392 e. The highest BCUT2D eigenvalue weighted by atomic mass is 32.1. The first-order valence-corrected chi connectivity index (χ1v) is 7.09. The Morgan fingerprint density at radius 2 is 1.95 bits per heavy atom. The van der Waals surface area contributed by atoms with E-state index in [0.29, 0.717) is 4.77 Å². The Labute approximate surface area is 117 Å². The summed E-state index contributed by atoms with van der Waals surface area (Å²) in [5.74, 6) is 0.922. The molecule has 0 unspecified atom stereocenters. The minimum atomic E-state index is -0.318. The standard InChI is InChI=1S/C14H17N3OS/c18-12-9-5-4-8-11(12)13-15-16-14(19)17(13)10-6-2-1-3-7-10/h1-3,6-7,11-12,18H,4-5,8-9H2,(H,16,19)/t11-,12-/m1/s1. The number of aromatic amines is 1. The molecule has 100 valence electrons. The van der Waals surface area contributed by atoms with E-state index >= 15 is 0 Å². The normalized spacial score (nSPS) is 23.4. The van der Waals surface area contributed by atoms with E-state index in [9.17, 15) is 5.11 Å². The van der Waals surface area contributed by atoms with Crippen molar-refractivity contribution in [3.63, 3.8) is 0 Å². The van der Waals surface area contributed by atoms with Gasteiger partial charge in [-0.3, -0.25) is 9.67 Å². The van der Waals surface area contributed by atoms with Crippen LogP contribution in [0, 0.1) is 4.77 Å². The molecule has 3 rings (SSSR count).